The van der Waals surface area contributed by atoms with Crippen molar-refractivity contribution in [2.24, 2.45) is 0 Å². The Morgan fingerprint density at radius 1 is 0.264 bits per heavy atom. The fourth-order valence-corrected chi connectivity index (χ4v) is 14.0. The SMILES string of the molecule is CC(C)(C)c1cc2c3c(c1)N(c1c(-c4ccccc4-c4ccccc4)cccc1-c1ccccc1-c1ccccc1)c1cc(Cl)ccc1B3c1ccc(Cl)cc1N2c1c(-c2ccccc2-c2ccccc2)cccc1-c1ccccc1-c1ccccc1. The number of fused-ring (bicyclic) bond motifs is 4. The molecule has 0 aliphatic carbocycles. The van der Waals surface area contributed by atoms with Gasteiger partial charge in [-0.3, -0.25) is 0 Å². The molecule has 0 radical (unpaired) electrons. The Bertz CT molecular complexity index is 4270. The maximum absolute atomic E-state index is 7.46. The van der Waals surface area contributed by atoms with Crippen LogP contribution in [0.4, 0.5) is 34.1 Å². The Kier molecular flexibility index (Phi) is 13.7. The number of rotatable bonds is 10. The molecule has 0 aromatic heterocycles. The summed E-state index contributed by atoms with van der Waals surface area (Å²) >= 11 is 14.9. The zero-order valence-electron chi connectivity index (χ0n) is 48.6. The maximum atomic E-state index is 7.46. The van der Waals surface area contributed by atoms with Crippen LogP contribution < -0.4 is 26.2 Å². The molecule has 5 heteroatoms. The van der Waals surface area contributed by atoms with E-state index in [1.54, 1.807) is 0 Å². The third-order valence-electron chi connectivity index (χ3n) is 17.6. The van der Waals surface area contributed by atoms with Crippen molar-refractivity contribution < 1.29 is 0 Å². The lowest BCUT2D eigenvalue weighted by Crippen LogP contribution is -2.61. The van der Waals surface area contributed by atoms with Gasteiger partial charge in [-0.25, -0.2) is 0 Å². The van der Waals surface area contributed by atoms with Crippen molar-refractivity contribution in [3.05, 3.63) is 319 Å². The first-order valence-corrected chi connectivity index (χ1v) is 30.7. The molecule has 0 fully saturated rings. The summed E-state index contributed by atoms with van der Waals surface area (Å²) in [5, 5.41) is 1.31. The predicted octanol–water partition coefficient (Wildman–Crippen LogP) is 21.7. The van der Waals surface area contributed by atoms with Crippen molar-refractivity contribution in [3.63, 3.8) is 0 Å². The van der Waals surface area contributed by atoms with E-state index >= 15 is 0 Å². The molecule has 13 aromatic carbocycles. The Hall–Kier alpha value is -9.90. The second-order valence-corrected chi connectivity index (χ2v) is 24.6. The standard InChI is InChI=1S/C82H59BCl2N2/c1-82(2,3)58-50-77-79-78(51-58)87(81-71(67-40-22-18-36-63(67)56-30-12-6-13-31-56)44-25-45-72(81)68-41-23-19-37-64(68)57-32-14-7-15-33-57)76-53-60(85)47-49-74(76)83(79)73-48-46-59(84)52-75(73)86(77)80-69(65-38-20-16-34-61(65)54-26-8-4-9-27-54)42-24-43-70(80)66-39-21-17-35-62(66)55-28-10-5-11-29-55/h4-53H,1-3H3. The van der Waals surface area contributed by atoms with Crippen LogP contribution in [0, 0.1) is 0 Å². The third-order valence-corrected chi connectivity index (χ3v) is 18.1. The molecule has 13 aromatic rings. The van der Waals surface area contributed by atoms with Crippen LogP contribution in [0.25, 0.3) is 89.0 Å². The first kappa shape index (κ1) is 53.8. The minimum atomic E-state index is -0.327. The zero-order chi connectivity index (χ0) is 58.8. The molecule has 0 N–H and O–H groups in total. The second kappa shape index (κ2) is 22.2. The predicted molar refractivity (Wildman–Crippen MR) is 373 cm³/mol. The summed E-state index contributed by atoms with van der Waals surface area (Å²) in [5.41, 5.74) is 28.7. The van der Waals surface area contributed by atoms with Crippen LogP contribution in [0.5, 0.6) is 0 Å². The van der Waals surface area contributed by atoms with Crippen molar-refractivity contribution in [1.29, 1.82) is 0 Å². The van der Waals surface area contributed by atoms with Crippen molar-refractivity contribution in [1.82, 2.24) is 0 Å². The molecule has 0 bridgehead atoms. The molecule has 2 heterocycles. The van der Waals surface area contributed by atoms with Gasteiger partial charge in [0.2, 0.25) is 0 Å². The van der Waals surface area contributed by atoms with E-state index in [9.17, 15) is 0 Å². The van der Waals surface area contributed by atoms with E-state index in [4.69, 9.17) is 23.2 Å². The molecule has 0 saturated heterocycles. The van der Waals surface area contributed by atoms with Crippen molar-refractivity contribution in [3.8, 4) is 89.0 Å². The maximum Gasteiger partial charge on any atom is 0.252 e. The highest BCUT2D eigenvalue weighted by Crippen LogP contribution is 2.56. The van der Waals surface area contributed by atoms with Crippen molar-refractivity contribution in [2.75, 3.05) is 9.80 Å². The molecule has 0 atom stereocenters. The zero-order valence-corrected chi connectivity index (χ0v) is 50.1. The van der Waals surface area contributed by atoms with Gasteiger partial charge in [0.15, 0.2) is 0 Å². The van der Waals surface area contributed by atoms with Crippen molar-refractivity contribution in [2.45, 2.75) is 26.2 Å². The summed E-state index contributed by atoms with van der Waals surface area (Å²) in [6, 6.07) is 111. The van der Waals surface area contributed by atoms with E-state index in [0.717, 1.165) is 134 Å². The third kappa shape index (κ3) is 9.47. The highest BCUT2D eigenvalue weighted by molar-refractivity contribution is 7.00. The number of nitrogens with zero attached hydrogens (tertiary/aromatic N) is 2. The van der Waals surface area contributed by atoms with Crippen LogP contribution >= 0.6 is 23.2 Å². The van der Waals surface area contributed by atoms with E-state index in [0.29, 0.717) is 10.0 Å². The molecule has 87 heavy (non-hydrogen) atoms. The molecule has 0 saturated carbocycles. The fraction of sp³-hybridized carbons (Fsp3) is 0.0488. The molecule has 2 aliphatic heterocycles. The monoisotopic (exact) mass is 1150 g/mol. The molecule has 0 spiro atoms. The topological polar surface area (TPSA) is 6.48 Å². The summed E-state index contributed by atoms with van der Waals surface area (Å²) in [6.45, 7) is 6.79. The Morgan fingerprint density at radius 2 is 0.529 bits per heavy atom. The average molecular weight is 1150 g/mol. The first-order valence-electron chi connectivity index (χ1n) is 29.9. The number of hydrogen-bond acceptors (Lipinski definition) is 2. The van der Waals surface area contributed by atoms with Crippen LogP contribution in [-0.2, 0) is 5.41 Å². The van der Waals surface area contributed by atoms with Gasteiger partial charge in [-0.15, -0.1) is 0 Å². The van der Waals surface area contributed by atoms with E-state index in [-0.39, 0.29) is 12.1 Å². The average Bonchev–Trinajstić information content (AvgIpc) is 0.755. The molecular formula is C82H59BCl2N2. The van der Waals surface area contributed by atoms with E-state index in [2.05, 4.69) is 334 Å². The molecule has 2 aliphatic rings. The largest absolute Gasteiger partial charge is 0.310 e. The van der Waals surface area contributed by atoms with Gasteiger partial charge in [0.05, 0.1) is 11.4 Å². The Balaban J connectivity index is 1.10. The molecule has 2 nitrogen and oxygen atoms in total. The van der Waals surface area contributed by atoms with Gasteiger partial charge in [0, 0.05) is 55.0 Å². The summed E-state index contributed by atoms with van der Waals surface area (Å²) in [5.74, 6) is 0. The normalized spacial score (nSPS) is 12.4. The lowest BCUT2D eigenvalue weighted by atomic mass is 9.33. The quantitative estimate of drug-likeness (QED) is 0.126. The number of benzene rings is 13. The number of halogens is 2. The number of hydrogen-bond donors (Lipinski definition) is 0. The number of para-hydroxylation sites is 2. The smallest absolute Gasteiger partial charge is 0.252 e. The number of anilines is 6. The van der Waals surface area contributed by atoms with Crippen LogP contribution in [0.3, 0.4) is 0 Å². The van der Waals surface area contributed by atoms with Gasteiger partial charge in [-0.1, -0.05) is 311 Å². The molecule has 0 unspecified atom stereocenters. The van der Waals surface area contributed by atoms with Crippen LogP contribution in [0.2, 0.25) is 10.0 Å². The molecule has 15 rings (SSSR count). The summed E-state index contributed by atoms with van der Waals surface area (Å²) in [6.07, 6.45) is 0. The Labute approximate surface area is 521 Å². The molecular weight excluding hydrogens is 1090 g/mol. The van der Waals surface area contributed by atoms with E-state index in [1.165, 1.54) is 11.0 Å². The van der Waals surface area contributed by atoms with Gasteiger partial charge in [-0.2, -0.15) is 0 Å². The summed E-state index contributed by atoms with van der Waals surface area (Å²) < 4.78 is 0. The minimum absolute atomic E-state index is 0.233. The first-order chi connectivity index (χ1) is 42.7. The lowest BCUT2D eigenvalue weighted by molar-refractivity contribution is 0.590. The van der Waals surface area contributed by atoms with Crippen molar-refractivity contribution >= 4 is 80.4 Å². The van der Waals surface area contributed by atoms with E-state index in [1.807, 2.05) is 0 Å². The molecule has 414 valence electrons. The van der Waals surface area contributed by atoms with Crippen LogP contribution in [0.15, 0.2) is 303 Å². The van der Waals surface area contributed by atoms with E-state index < -0.39 is 0 Å². The highest BCUT2D eigenvalue weighted by atomic mass is 35.5. The summed E-state index contributed by atoms with van der Waals surface area (Å²) in [4.78, 5) is 5.17. The van der Waals surface area contributed by atoms with Gasteiger partial charge in [0.25, 0.3) is 6.71 Å². The van der Waals surface area contributed by atoms with Gasteiger partial charge in [-0.05, 0) is 131 Å². The van der Waals surface area contributed by atoms with Gasteiger partial charge < -0.3 is 9.80 Å². The second-order valence-electron chi connectivity index (χ2n) is 23.7. The fourth-order valence-electron chi connectivity index (χ4n) is 13.6. The Morgan fingerprint density at radius 3 is 0.816 bits per heavy atom. The minimum Gasteiger partial charge on any atom is -0.310 e. The lowest BCUT2D eigenvalue weighted by Gasteiger charge is -2.46. The van der Waals surface area contributed by atoms with Gasteiger partial charge >= 0.3 is 0 Å². The van der Waals surface area contributed by atoms with Crippen LogP contribution in [-0.4, -0.2) is 6.71 Å². The van der Waals surface area contributed by atoms with Crippen LogP contribution in [0.1, 0.15) is 26.3 Å². The summed E-state index contributed by atoms with van der Waals surface area (Å²) in [7, 11) is 0. The van der Waals surface area contributed by atoms with Gasteiger partial charge in [0.1, 0.15) is 0 Å². The molecule has 0 amide bonds. The highest BCUT2D eigenvalue weighted by Gasteiger charge is 2.46.